The van der Waals surface area contributed by atoms with Gasteiger partial charge >= 0.3 is 5.97 Å². The molecule has 0 heterocycles. The molecule has 0 aromatic heterocycles. The molecule has 1 aromatic carbocycles. The fourth-order valence-corrected chi connectivity index (χ4v) is 1.05. The number of hydrogen-bond acceptors (Lipinski definition) is 2. The molecule has 0 saturated heterocycles. The second kappa shape index (κ2) is 4.00. The second-order valence-electron chi connectivity index (χ2n) is 2.96. The molecule has 1 unspecified atom stereocenters. The molecule has 0 amide bonds. The van der Waals surface area contributed by atoms with Crippen LogP contribution in [-0.2, 0) is 4.79 Å². The largest absolute Gasteiger partial charge is 0.481 e. The van der Waals surface area contributed by atoms with Crippen LogP contribution in [0.3, 0.4) is 0 Å². The Balaban J connectivity index is 3.08. The molecule has 0 fully saturated rings. The number of aldehydes is 1. The lowest BCUT2D eigenvalue weighted by Crippen LogP contribution is -2.08. The van der Waals surface area contributed by atoms with Gasteiger partial charge in [0.2, 0.25) is 0 Å². The molecule has 74 valence electrons. The molecule has 0 aliphatic rings. The maximum Gasteiger partial charge on any atom is 0.310 e. The van der Waals surface area contributed by atoms with Crippen molar-refractivity contribution in [1.29, 1.82) is 0 Å². The smallest absolute Gasteiger partial charge is 0.310 e. The van der Waals surface area contributed by atoms with Crippen LogP contribution >= 0.6 is 0 Å². The number of rotatable bonds is 3. The standard InChI is InChI=1S/C10H9FO3/c1-6(10(13)14)7-2-3-8(5-12)9(11)4-7/h2-6H,1H3,(H,13,14). The average molecular weight is 196 g/mol. The Kier molecular flexibility index (Phi) is 2.96. The maximum atomic E-state index is 13.1. The third kappa shape index (κ3) is 1.96. The van der Waals surface area contributed by atoms with Gasteiger partial charge in [-0.15, -0.1) is 0 Å². The van der Waals surface area contributed by atoms with Crippen molar-refractivity contribution < 1.29 is 19.1 Å². The molecule has 1 N–H and O–H groups in total. The number of carbonyl (C=O) groups excluding carboxylic acids is 1. The number of benzene rings is 1. The molecule has 0 saturated carbocycles. The Labute approximate surface area is 80.2 Å². The van der Waals surface area contributed by atoms with Gasteiger partial charge in [0.25, 0.3) is 0 Å². The molecule has 3 nitrogen and oxygen atoms in total. The lowest BCUT2D eigenvalue weighted by molar-refractivity contribution is -0.138. The fourth-order valence-electron chi connectivity index (χ4n) is 1.05. The highest BCUT2D eigenvalue weighted by Gasteiger charge is 2.14. The first-order valence-corrected chi connectivity index (χ1v) is 4.03. The van der Waals surface area contributed by atoms with Gasteiger partial charge in [-0.3, -0.25) is 9.59 Å². The number of carboxylic acids is 1. The Hall–Kier alpha value is -1.71. The van der Waals surface area contributed by atoms with E-state index in [1.165, 1.54) is 19.1 Å². The summed E-state index contributed by atoms with van der Waals surface area (Å²) in [5.74, 6) is -2.49. The van der Waals surface area contributed by atoms with E-state index in [0.717, 1.165) is 6.07 Å². The van der Waals surface area contributed by atoms with Crippen molar-refractivity contribution in [2.24, 2.45) is 0 Å². The highest BCUT2D eigenvalue weighted by Crippen LogP contribution is 2.17. The monoisotopic (exact) mass is 196 g/mol. The van der Waals surface area contributed by atoms with Gasteiger partial charge in [-0.25, -0.2) is 4.39 Å². The Bertz CT molecular complexity index is 374. The van der Waals surface area contributed by atoms with Crippen LogP contribution in [0.25, 0.3) is 0 Å². The molecular weight excluding hydrogens is 187 g/mol. The Morgan fingerprint density at radius 2 is 2.21 bits per heavy atom. The van der Waals surface area contributed by atoms with E-state index in [2.05, 4.69) is 0 Å². The fraction of sp³-hybridized carbons (Fsp3) is 0.200. The van der Waals surface area contributed by atoms with Crippen LogP contribution in [0.15, 0.2) is 18.2 Å². The van der Waals surface area contributed by atoms with Crippen LogP contribution in [0.5, 0.6) is 0 Å². The van der Waals surface area contributed by atoms with Crippen molar-refractivity contribution >= 4 is 12.3 Å². The number of hydrogen-bond donors (Lipinski definition) is 1. The van der Waals surface area contributed by atoms with Crippen molar-refractivity contribution in [1.82, 2.24) is 0 Å². The summed E-state index contributed by atoms with van der Waals surface area (Å²) in [7, 11) is 0. The molecule has 0 radical (unpaired) electrons. The van der Waals surface area contributed by atoms with Gasteiger partial charge < -0.3 is 5.11 Å². The minimum absolute atomic E-state index is 0.0636. The Morgan fingerprint density at radius 1 is 1.57 bits per heavy atom. The molecular formula is C10H9FO3. The van der Waals surface area contributed by atoms with E-state index in [0.29, 0.717) is 11.8 Å². The van der Waals surface area contributed by atoms with Crippen molar-refractivity contribution in [3.8, 4) is 0 Å². The van der Waals surface area contributed by atoms with Gasteiger partial charge in [-0.05, 0) is 24.6 Å². The van der Waals surface area contributed by atoms with Gasteiger partial charge in [-0.2, -0.15) is 0 Å². The molecule has 0 bridgehead atoms. The predicted octanol–water partition coefficient (Wildman–Crippen LogP) is 1.83. The minimum Gasteiger partial charge on any atom is -0.481 e. The van der Waals surface area contributed by atoms with E-state index < -0.39 is 17.7 Å². The summed E-state index contributed by atoms with van der Waals surface area (Å²) in [6.07, 6.45) is 0.393. The molecule has 4 heteroatoms. The van der Waals surface area contributed by atoms with Crippen LogP contribution in [-0.4, -0.2) is 17.4 Å². The first-order valence-electron chi connectivity index (χ1n) is 4.03. The molecule has 1 aromatic rings. The van der Waals surface area contributed by atoms with Gasteiger partial charge in [0, 0.05) is 0 Å². The summed E-state index contributed by atoms with van der Waals surface area (Å²) in [5, 5.41) is 8.66. The minimum atomic E-state index is -1.02. The normalized spacial score (nSPS) is 12.1. The van der Waals surface area contributed by atoms with E-state index in [-0.39, 0.29) is 5.56 Å². The van der Waals surface area contributed by atoms with Gasteiger partial charge in [0.15, 0.2) is 6.29 Å². The molecule has 14 heavy (non-hydrogen) atoms. The highest BCUT2D eigenvalue weighted by molar-refractivity contribution is 5.78. The van der Waals surface area contributed by atoms with Crippen molar-refractivity contribution in [3.63, 3.8) is 0 Å². The third-order valence-corrected chi connectivity index (χ3v) is 2.02. The van der Waals surface area contributed by atoms with Crippen LogP contribution in [0.2, 0.25) is 0 Å². The number of aliphatic carboxylic acids is 1. The number of halogens is 1. The zero-order chi connectivity index (χ0) is 10.7. The molecule has 0 aliphatic heterocycles. The van der Waals surface area contributed by atoms with Crippen molar-refractivity contribution in [3.05, 3.63) is 35.1 Å². The van der Waals surface area contributed by atoms with Crippen molar-refractivity contribution in [2.45, 2.75) is 12.8 Å². The van der Waals surface area contributed by atoms with Gasteiger partial charge in [0.1, 0.15) is 5.82 Å². The third-order valence-electron chi connectivity index (χ3n) is 2.02. The second-order valence-corrected chi connectivity index (χ2v) is 2.96. The predicted molar refractivity (Wildman–Crippen MR) is 47.8 cm³/mol. The lowest BCUT2D eigenvalue weighted by Gasteiger charge is -2.06. The maximum absolute atomic E-state index is 13.1. The van der Waals surface area contributed by atoms with Crippen LogP contribution in [0.1, 0.15) is 28.8 Å². The molecule has 1 atom stereocenters. The van der Waals surface area contributed by atoms with Gasteiger partial charge in [-0.1, -0.05) is 6.07 Å². The molecule has 0 aliphatic carbocycles. The Morgan fingerprint density at radius 3 is 2.64 bits per heavy atom. The quantitative estimate of drug-likeness (QED) is 0.750. The van der Waals surface area contributed by atoms with E-state index >= 15 is 0 Å². The van der Waals surface area contributed by atoms with E-state index in [1.54, 1.807) is 0 Å². The van der Waals surface area contributed by atoms with E-state index in [9.17, 15) is 14.0 Å². The lowest BCUT2D eigenvalue weighted by atomic mass is 10.00. The zero-order valence-electron chi connectivity index (χ0n) is 7.53. The summed E-state index contributed by atoms with van der Waals surface area (Å²) < 4.78 is 13.1. The van der Waals surface area contributed by atoms with Crippen LogP contribution in [0, 0.1) is 5.82 Å². The van der Waals surface area contributed by atoms with Crippen molar-refractivity contribution in [2.75, 3.05) is 0 Å². The van der Waals surface area contributed by atoms with E-state index in [4.69, 9.17) is 5.11 Å². The summed E-state index contributed by atoms with van der Waals surface area (Å²) in [6, 6.07) is 3.78. The van der Waals surface area contributed by atoms with Crippen LogP contribution in [0.4, 0.5) is 4.39 Å². The van der Waals surface area contributed by atoms with E-state index in [1.807, 2.05) is 0 Å². The summed E-state index contributed by atoms with van der Waals surface area (Å²) in [4.78, 5) is 20.9. The first kappa shape index (κ1) is 10.4. The topological polar surface area (TPSA) is 54.4 Å². The number of carboxylic acid groups (broad SMARTS) is 1. The summed E-state index contributed by atoms with van der Waals surface area (Å²) in [6.45, 7) is 1.46. The highest BCUT2D eigenvalue weighted by atomic mass is 19.1. The average Bonchev–Trinajstić information content (AvgIpc) is 2.16. The zero-order valence-corrected chi connectivity index (χ0v) is 7.53. The van der Waals surface area contributed by atoms with Gasteiger partial charge in [0.05, 0.1) is 11.5 Å². The SMILES string of the molecule is CC(C(=O)O)c1ccc(C=O)c(F)c1. The number of carbonyl (C=O) groups is 2. The van der Waals surface area contributed by atoms with Crippen LogP contribution < -0.4 is 0 Å². The molecule has 1 rings (SSSR count). The summed E-state index contributed by atoms with van der Waals surface area (Å²) in [5.41, 5.74) is 0.284. The molecule has 0 spiro atoms. The summed E-state index contributed by atoms with van der Waals surface area (Å²) >= 11 is 0. The first-order chi connectivity index (χ1) is 6.56.